The smallest absolute Gasteiger partial charge is 0.0797 e. The van der Waals surface area contributed by atoms with Crippen LogP contribution < -0.4 is 5.73 Å². The molecule has 54 valence electrons. The van der Waals surface area contributed by atoms with Crippen LogP contribution in [0, 0.1) is 0 Å². The predicted molar refractivity (Wildman–Crippen MR) is 39.3 cm³/mol. The molecule has 0 saturated heterocycles. The van der Waals surface area contributed by atoms with Crippen molar-refractivity contribution in [3.8, 4) is 0 Å². The normalized spacial score (nSPS) is 13.0. The van der Waals surface area contributed by atoms with Gasteiger partial charge in [0.05, 0.1) is 6.10 Å². The first-order valence-corrected chi connectivity index (χ1v) is 3.09. The Balaban J connectivity index is 3.03. The van der Waals surface area contributed by atoms with Gasteiger partial charge in [-0.3, -0.25) is 4.98 Å². The van der Waals surface area contributed by atoms with Gasteiger partial charge in [0.2, 0.25) is 0 Å². The van der Waals surface area contributed by atoms with E-state index >= 15 is 0 Å². The van der Waals surface area contributed by atoms with E-state index in [2.05, 4.69) is 4.98 Å². The molecule has 0 spiro atoms. The van der Waals surface area contributed by atoms with Gasteiger partial charge < -0.3 is 10.8 Å². The second-order valence-electron chi connectivity index (χ2n) is 2.18. The second-order valence-corrected chi connectivity index (χ2v) is 2.18. The summed E-state index contributed by atoms with van der Waals surface area (Å²) in [7, 11) is 0. The highest BCUT2D eigenvalue weighted by Gasteiger charge is 2.02. The van der Waals surface area contributed by atoms with Crippen LogP contribution in [0.1, 0.15) is 18.6 Å². The molecule has 3 nitrogen and oxygen atoms in total. The average molecular weight is 138 g/mol. The van der Waals surface area contributed by atoms with Crippen LogP contribution in [0.25, 0.3) is 0 Å². The van der Waals surface area contributed by atoms with E-state index in [1.807, 2.05) is 0 Å². The van der Waals surface area contributed by atoms with Crippen molar-refractivity contribution >= 4 is 5.69 Å². The number of hydrogen-bond donors (Lipinski definition) is 2. The van der Waals surface area contributed by atoms with Crippen molar-refractivity contribution in [1.29, 1.82) is 0 Å². The average Bonchev–Trinajstić information content (AvgIpc) is 1.88. The molecule has 0 fully saturated rings. The minimum Gasteiger partial charge on any atom is -0.398 e. The lowest BCUT2D eigenvalue weighted by Crippen LogP contribution is -1.98. The fourth-order valence-electron chi connectivity index (χ4n) is 0.767. The molecule has 0 aliphatic rings. The van der Waals surface area contributed by atoms with Crippen molar-refractivity contribution in [2.24, 2.45) is 0 Å². The molecule has 10 heavy (non-hydrogen) atoms. The molecular weight excluding hydrogens is 128 g/mol. The van der Waals surface area contributed by atoms with Gasteiger partial charge in [-0.2, -0.15) is 0 Å². The lowest BCUT2D eigenvalue weighted by Gasteiger charge is -2.05. The highest BCUT2D eigenvalue weighted by Crippen LogP contribution is 2.16. The zero-order valence-electron chi connectivity index (χ0n) is 5.78. The first kappa shape index (κ1) is 7.02. The maximum Gasteiger partial charge on any atom is 0.0797 e. The molecular formula is C7H10N2O. The Hall–Kier alpha value is -1.09. The van der Waals surface area contributed by atoms with Crippen LogP contribution in [0.4, 0.5) is 5.69 Å². The molecule has 0 amide bonds. The fourth-order valence-corrected chi connectivity index (χ4v) is 0.767. The molecule has 1 aromatic rings. The van der Waals surface area contributed by atoms with Crippen LogP contribution in [0.15, 0.2) is 18.5 Å². The topological polar surface area (TPSA) is 59.1 Å². The molecule has 0 aliphatic carbocycles. The summed E-state index contributed by atoms with van der Waals surface area (Å²) in [6.45, 7) is 1.66. The summed E-state index contributed by atoms with van der Waals surface area (Å²) in [4.78, 5) is 3.83. The minimum atomic E-state index is -0.534. The van der Waals surface area contributed by atoms with Crippen LogP contribution in [-0.4, -0.2) is 10.1 Å². The minimum absolute atomic E-state index is 0.534. The Morgan fingerprint density at radius 3 is 2.80 bits per heavy atom. The molecule has 0 radical (unpaired) electrons. The van der Waals surface area contributed by atoms with E-state index in [-0.39, 0.29) is 0 Å². The maximum absolute atomic E-state index is 9.08. The number of rotatable bonds is 1. The van der Waals surface area contributed by atoms with Crippen LogP contribution >= 0.6 is 0 Å². The molecule has 0 saturated carbocycles. The summed E-state index contributed by atoms with van der Waals surface area (Å²) in [5.74, 6) is 0. The summed E-state index contributed by atoms with van der Waals surface area (Å²) in [5.41, 5.74) is 6.79. The Labute approximate surface area is 59.5 Å². The lowest BCUT2D eigenvalue weighted by atomic mass is 10.1. The van der Waals surface area contributed by atoms with Crippen LogP contribution in [-0.2, 0) is 0 Å². The predicted octanol–water partition coefficient (Wildman–Crippen LogP) is 0.717. The lowest BCUT2D eigenvalue weighted by molar-refractivity contribution is 0.199. The van der Waals surface area contributed by atoms with Gasteiger partial charge in [-0.1, -0.05) is 0 Å². The van der Waals surface area contributed by atoms with E-state index in [0.717, 1.165) is 0 Å². The van der Waals surface area contributed by atoms with Gasteiger partial charge in [0.25, 0.3) is 0 Å². The Morgan fingerprint density at radius 1 is 1.70 bits per heavy atom. The largest absolute Gasteiger partial charge is 0.398 e. The number of aromatic nitrogens is 1. The molecule has 3 N–H and O–H groups in total. The Kier molecular flexibility index (Phi) is 1.87. The van der Waals surface area contributed by atoms with Crippen LogP contribution in [0.5, 0.6) is 0 Å². The number of nitrogens with two attached hydrogens (primary N) is 1. The van der Waals surface area contributed by atoms with Crippen LogP contribution in [0.2, 0.25) is 0 Å². The number of hydrogen-bond acceptors (Lipinski definition) is 3. The summed E-state index contributed by atoms with van der Waals surface area (Å²) < 4.78 is 0. The van der Waals surface area contributed by atoms with Crippen molar-refractivity contribution in [2.75, 3.05) is 5.73 Å². The molecule has 1 aromatic heterocycles. The van der Waals surface area contributed by atoms with E-state index in [0.29, 0.717) is 11.3 Å². The van der Waals surface area contributed by atoms with Crippen LogP contribution in [0.3, 0.4) is 0 Å². The third kappa shape index (κ3) is 1.25. The number of nitrogen functional groups attached to an aromatic ring is 1. The summed E-state index contributed by atoms with van der Waals surface area (Å²) in [6.07, 6.45) is 2.63. The number of pyridine rings is 1. The molecule has 0 aromatic carbocycles. The quantitative estimate of drug-likeness (QED) is 0.601. The van der Waals surface area contributed by atoms with Crippen molar-refractivity contribution < 1.29 is 5.11 Å². The van der Waals surface area contributed by atoms with Gasteiger partial charge in [0, 0.05) is 23.6 Å². The monoisotopic (exact) mass is 138 g/mol. The zero-order valence-corrected chi connectivity index (χ0v) is 5.78. The maximum atomic E-state index is 9.08. The Bertz CT molecular complexity index is 223. The molecule has 1 heterocycles. The Morgan fingerprint density at radius 2 is 2.40 bits per heavy atom. The van der Waals surface area contributed by atoms with E-state index < -0.39 is 6.10 Å². The van der Waals surface area contributed by atoms with E-state index in [1.54, 1.807) is 25.4 Å². The number of aliphatic hydroxyl groups excluding tert-OH is 1. The standard InChI is InChI=1S/C7H10N2O/c1-5(10)6-4-9-3-2-7(6)8/h2-5,10H,1H3,(H2,8,9). The van der Waals surface area contributed by atoms with Crippen molar-refractivity contribution in [2.45, 2.75) is 13.0 Å². The third-order valence-corrected chi connectivity index (χ3v) is 1.34. The van der Waals surface area contributed by atoms with Crippen molar-refractivity contribution in [3.05, 3.63) is 24.0 Å². The highest BCUT2D eigenvalue weighted by atomic mass is 16.3. The molecule has 1 unspecified atom stereocenters. The summed E-state index contributed by atoms with van der Waals surface area (Å²) in [6, 6.07) is 1.67. The van der Waals surface area contributed by atoms with Gasteiger partial charge in [-0.05, 0) is 13.0 Å². The van der Waals surface area contributed by atoms with E-state index in [4.69, 9.17) is 10.8 Å². The molecule has 1 atom stereocenters. The van der Waals surface area contributed by atoms with Gasteiger partial charge >= 0.3 is 0 Å². The summed E-state index contributed by atoms with van der Waals surface area (Å²) in [5, 5.41) is 9.08. The van der Waals surface area contributed by atoms with Crippen molar-refractivity contribution in [1.82, 2.24) is 4.98 Å². The van der Waals surface area contributed by atoms with Gasteiger partial charge in [0.15, 0.2) is 0 Å². The van der Waals surface area contributed by atoms with Gasteiger partial charge in [-0.25, -0.2) is 0 Å². The van der Waals surface area contributed by atoms with E-state index in [9.17, 15) is 0 Å². The number of aliphatic hydroxyl groups is 1. The number of nitrogens with zero attached hydrogens (tertiary/aromatic N) is 1. The second kappa shape index (κ2) is 2.66. The first-order chi connectivity index (χ1) is 4.72. The summed E-state index contributed by atoms with van der Waals surface area (Å²) >= 11 is 0. The molecule has 0 aliphatic heterocycles. The highest BCUT2D eigenvalue weighted by molar-refractivity contribution is 5.45. The zero-order chi connectivity index (χ0) is 7.56. The van der Waals surface area contributed by atoms with E-state index in [1.165, 1.54) is 0 Å². The van der Waals surface area contributed by atoms with Gasteiger partial charge in [-0.15, -0.1) is 0 Å². The van der Waals surface area contributed by atoms with Crippen molar-refractivity contribution in [3.63, 3.8) is 0 Å². The fraction of sp³-hybridized carbons (Fsp3) is 0.286. The van der Waals surface area contributed by atoms with Gasteiger partial charge in [0.1, 0.15) is 0 Å². The third-order valence-electron chi connectivity index (χ3n) is 1.34. The molecule has 3 heteroatoms. The molecule has 0 bridgehead atoms. The number of anilines is 1. The first-order valence-electron chi connectivity index (χ1n) is 3.09. The molecule has 1 rings (SSSR count). The SMILES string of the molecule is CC(O)c1cnccc1N.